The molecule has 2 rings (SSSR count). The molecule has 8 nitrogen and oxygen atoms in total. The van der Waals surface area contributed by atoms with E-state index in [1.807, 2.05) is 6.92 Å². The van der Waals surface area contributed by atoms with Crippen molar-refractivity contribution in [3.05, 3.63) is 11.9 Å². The number of anilines is 1. The topological polar surface area (TPSA) is 102 Å². The summed E-state index contributed by atoms with van der Waals surface area (Å²) in [6.07, 6.45) is 1.44. The predicted molar refractivity (Wildman–Crippen MR) is 76.6 cm³/mol. The van der Waals surface area contributed by atoms with Gasteiger partial charge in [-0.05, 0) is 13.8 Å². The number of hydrogen-bond acceptors (Lipinski definition) is 5. The summed E-state index contributed by atoms with van der Waals surface area (Å²) in [5, 5.41) is 6.70. The second kappa shape index (κ2) is 6.57. The lowest BCUT2D eigenvalue weighted by Gasteiger charge is -2.29. The molecule has 1 atom stereocenters. The highest BCUT2D eigenvalue weighted by Crippen LogP contribution is 2.11. The summed E-state index contributed by atoms with van der Waals surface area (Å²) in [6, 6.07) is -0.616. The lowest BCUT2D eigenvalue weighted by atomic mass is 10.2. The van der Waals surface area contributed by atoms with Gasteiger partial charge in [0.1, 0.15) is 11.7 Å². The number of aromatic nitrogens is 2. The molecule has 116 valence electrons. The molecule has 0 spiro atoms. The lowest BCUT2D eigenvalue weighted by Crippen LogP contribution is -2.50. The third-order valence-corrected chi connectivity index (χ3v) is 3.42. The summed E-state index contributed by atoms with van der Waals surface area (Å²) < 4.78 is 6.72. The van der Waals surface area contributed by atoms with Gasteiger partial charge in [0.25, 0.3) is 5.91 Å². The van der Waals surface area contributed by atoms with E-state index in [0.29, 0.717) is 44.2 Å². The highest BCUT2D eigenvalue weighted by atomic mass is 16.5. The molecule has 0 aliphatic carbocycles. The average Bonchev–Trinajstić information content (AvgIpc) is 2.88. The number of nitrogens with one attached hydrogen (secondary N) is 1. The molecule has 1 aliphatic rings. The van der Waals surface area contributed by atoms with E-state index in [4.69, 9.17) is 10.5 Å². The third-order valence-electron chi connectivity index (χ3n) is 3.42. The van der Waals surface area contributed by atoms with E-state index in [0.717, 1.165) is 0 Å². The summed E-state index contributed by atoms with van der Waals surface area (Å²) >= 11 is 0. The van der Waals surface area contributed by atoms with Crippen molar-refractivity contribution in [3.63, 3.8) is 0 Å². The largest absolute Gasteiger partial charge is 0.396 e. The molecule has 0 bridgehead atoms. The molecule has 1 aliphatic heterocycles. The van der Waals surface area contributed by atoms with Gasteiger partial charge in [-0.3, -0.25) is 14.3 Å². The smallest absolute Gasteiger partial charge is 0.272 e. The van der Waals surface area contributed by atoms with Crippen LogP contribution >= 0.6 is 0 Å². The number of rotatable bonds is 4. The Morgan fingerprint density at radius 2 is 2.14 bits per heavy atom. The Balaban J connectivity index is 2.01. The van der Waals surface area contributed by atoms with Gasteiger partial charge in [-0.1, -0.05) is 0 Å². The Labute approximate surface area is 123 Å². The zero-order valence-corrected chi connectivity index (χ0v) is 12.3. The van der Waals surface area contributed by atoms with Crippen molar-refractivity contribution in [2.45, 2.75) is 26.4 Å². The zero-order valence-electron chi connectivity index (χ0n) is 12.3. The van der Waals surface area contributed by atoms with Gasteiger partial charge in [0.15, 0.2) is 0 Å². The van der Waals surface area contributed by atoms with Crippen LogP contribution in [0.1, 0.15) is 24.3 Å². The van der Waals surface area contributed by atoms with Crippen LogP contribution < -0.4 is 11.1 Å². The lowest BCUT2D eigenvalue weighted by molar-refractivity contribution is -0.136. The van der Waals surface area contributed by atoms with E-state index in [2.05, 4.69) is 10.4 Å². The van der Waals surface area contributed by atoms with Crippen molar-refractivity contribution >= 4 is 17.5 Å². The molecule has 3 N–H and O–H groups in total. The minimum Gasteiger partial charge on any atom is -0.396 e. The fourth-order valence-corrected chi connectivity index (χ4v) is 2.27. The molecule has 1 saturated heterocycles. The quantitative estimate of drug-likeness (QED) is 0.777. The molecule has 2 heterocycles. The van der Waals surface area contributed by atoms with Crippen molar-refractivity contribution < 1.29 is 14.3 Å². The van der Waals surface area contributed by atoms with Crippen LogP contribution in [0.5, 0.6) is 0 Å². The molecule has 0 saturated carbocycles. The van der Waals surface area contributed by atoms with Gasteiger partial charge >= 0.3 is 0 Å². The van der Waals surface area contributed by atoms with Gasteiger partial charge in [-0.25, -0.2) is 0 Å². The Morgan fingerprint density at radius 3 is 2.76 bits per heavy atom. The number of nitrogen functional groups attached to an aromatic ring is 1. The van der Waals surface area contributed by atoms with E-state index in [9.17, 15) is 9.59 Å². The maximum Gasteiger partial charge on any atom is 0.272 e. The van der Waals surface area contributed by atoms with Crippen molar-refractivity contribution in [3.8, 4) is 0 Å². The van der Waals surface area contributed by atoms with E-state index in [1.165, 1.54) is 10.9 Å². The van der Waals surface area contributed by atoms with Crippen LogP contribution in [0.2, 0.25) is 0 Å². The van der Waals surface area contributed by atoms with Crippen molar-refractivity contribution in [1.82, 2.24) is 20.0 Å². The van der Waals surface area contributed by atoms with Crippen LogP contribution in [0.25, 0.3) is 0 Å². The van der Waals surface area contributed by atoms with Crippen LogP contribution in [-0.4, -0.2) is 58.8 Å². The first-order chi connectivity index (χ1) is 10.0. The van der Waals surface area contributed by atoms with Gasteiger partial charge in [0.05, 0.1) is 25.1 Å². The summed E-state index contributed by atoms with van der Waals surface area (Å²) in [4.78, 5) is 26.2. The van der Waals surface area contributed by atoms with Gasteiger partial charge in [-0.15, -0.1) is 0 Å². The molecule has 8 heteroatoms. The number of morpholine rings is 1. The number of amides is 2. The molecule has 0 aromatic carbocycles. The number of ether oxygens (including phenoxy) is 1. The SMILES string of the molecule is CCn1ncc(N)c1C(=O)NC(C)C(=O)N1CCOCC1. The molecule has 0 radical (unpaired) electrons. The van der Waals surface area contributed by atoms with Gasteiger partial charge in [0.2, 0.25) is 5.91 Å². The minimum atomic E-state index is -0.616. The van der Waals surface area contributed by atoms with Crippen molar-refractivity contribution in [1.29, 1.82) is 0 Å². The standard InChI is InChI=1S/C13H21N5O3/c1-3-18-11(10(14)8-15-18)12(19)16-9(2)13(20)17-4-6-21-7-5-17/h8-9H,3-7,14H2,1-2H3,(H,16,19). The minimum absolute atomic E-state index is 0.118. The maximum atomic E-state index is 12.3. The van der Waals surface area contributed by atoms with Crippen LogP contribution in [0, 0.1) is 0 Å². The molecule has 1 unspecified atom stereocenters. The van der Waals surface area contributed by atoms with Gasteiger partial charge in [0, 0.05) is 19.6 Å². The number of aryl methyl sites for hydroxylation is 1. The van der Waals surface area contributed by atoms with Crippen LogP contribution in [0.3, 0.4) is 0 Å². The first kappa shape index (κ1) is 15.3. The Morgan fingerprint density at radius 1 is 1.48 bits per heavy atom. The maximum absolute atomic E-state index is 12.3. The van der Waals surface area contributed by atoms with E-state index < -0.39 is 6.04 Å². The normalized spacial score (nSPS) is 16.6. The van der Waals surface area contributed by atoms with Crippen LogP contribution in [0.15, 0.2) is 6.20 Å². The van der Waals surface area contributed by atoms with Crippen molar-refractivity contribution in [2.75, 3.05) is 32.0 Å². The Hall–Kier alpha value is -2.09. The number of nitrogens with two attached hydrogens (primary N) is 1. The summed E-state index contributed by atoms with van der Waals surface area (Å²) in [7, 11) is 0. The van der Waals surface area contributed by atoms with Gasteiger partial charge in [-0.2, -0.15) is 5.10 Å². The van der Waals surface area contributed by atoms with Crippen molar-refractivity contribution in [2.24, 2.45) is 0 Å². The Bertz CT molecular complexity index is 522. The highest BCUT2D eigenvalue weighted by Gasteiger charge is 2.25. The number of nitrogens with zero attached hydrogens (tertiary/aromatic N) is 3. The summed E-state index contributed by atoms with van der Waals surface area (Å²) in [6.45, 7) is 6.22. The number of carbonyl (C=O) groups is 2. The summed E-state index contributed by atoms with van der Waals surface area (Å²) in [5.74, 6) is -0.506. The summed E-state index contributed by atoms with van der Waals surface area (Å²) in [5.41, 5.74) is 6.35. The monoisotopic (exact) mass is 295 g/mol. The first-order valence-corrected chi connectivity index (χ1v) is 7.03. The van der Waals surface area contributed by atoms with Crippen LogP contribution in [0.4, 0.5) is 5.69 Å². The molecular weight excluding hydrogens is 274 g/mol. The third kappa shape index (κ3) is 3.33. The molecule has 1 aromatic heterocycles. The zero-order chi connectivity index (χ0) is 15.4. The first-order valence-electron chi connectivity index (χ1n) is 7.03. The second-order valence-electron chi connectivity index (χ2n) is 4.90. The van der Waals surface area contributed by atoms with Gasteiger partial charge < -0.3 is 20.7 Å². The number of hydrogen-bond donors (Lipinski definition) is 2. The fraction of sp³-hybridized carbons (Fsp3) is 0.615. The molecule has 2 amide bonds. The molecular formula is C13H21N5O3. The molecule has 21 heavy (non-hydrogen) atoms. The van der Waals surface area contributed by atoms with E-state index in [-0.39, 0.29) is 11.8 Å². The molecule has 1 aromatic rings. The highest BCUT2D eigenvalue weighted by molar-refractivity contribution is 5.99. The van der Waals surface area contributed by atoms with Crippen LogP contribution in [-0.2, 0) is 16.1 Å². The van der Waals surface area contributed by atoms with E-state index in [1.54, 1.807) is 11.8 Å². The fourth-order valence-electron chi connectivity index (χ4n) is 2.27. The Kier molecular flexibility index (Phi) is 4.79. The average molecular weight is 295 g/mol. The number of carbonyl (C=O) groups excluding carboxylic acids is 2. The second-order valence-corrected chi connectivity index (χ2v) is 4.90. The molecule has 1 fully saturated rings. The predicted octanol–water partition coefficient (Wildman–Crippen LogP) is -0.538. The van der Waals surface area contributed by atoms with E-state index >= 15 is 0 Å².